The largest absolute Gasteiger partial charge is 0.409 e. The quantitative estimate of drug-likeness (QED) is 0.331. The van der Waals surface area contributed by atoms with Crippen molar-refractivity contribution >= 4 is 29.5 Å². The molecule has 0 saturated heterocycles. The lowest BCUT2D eigenvalue weighted by atomic mass is 9.74. The standard InChI is InChI=1S/C12H8Cl2F6N2O.C7H6O/c13-10(14)6(7(23)8-21-4-5-22-8)2-1-3-9(10,11(15,16)17)12(18,19)20;8-6-7-4-2-1-3-5-7/h1-5,7,23H,(H,21,22);1-6H. The van der Waals surface area contributed by atoms with E-state index in [-0.39, 0.29) is 11.9 Å². The van der Waals surface area contributed by atoms with Crippen LogP contribution in [0.1, 0.15) is 22.3 Å². The Hall–Kier alpha value is -2.30. The number of hydrogen-bond acceptors (Lipinski definition) is 3. The van der Waals surface area contributed by atoms with Crippen molar-refractivity contribution in [1.82, 2.24) is 9.97 Å². The minimum absolute atomic E-state index is 0.161. The molecule has 12 heteroatoms. The smallest absolute Gasteiger partial charge is 0.381 e. The molecule has 0 radical (unpaired) electrons. The first-order valence-electron chi connectivity index (χ1n) is 8.38. The number of aldehydes is 1. The van der Waals surface area contributed by atoms with E-state index in [1.54, 1.807) is 12.1 Å². The molecule has 1 aliphatic carbocycles. The summed E-state index contributed by atoms with van der Waals surface area (Å²) in [5.74, 6) is -0.296. The van der Waals surface area contributed by atoms with Gasteiger partial charge in [-0.1, -0.05) is 71.8 Å². The second kappa shape index (κ2) is 9.05. The number of nitrogens with zero attached hydrogens (tertiary/aromatic N) is 1. The SMILES string of the molecule is O=Cc1ccccc1.OC(C1=CC=CC(C(F)(F)F)(C(F)(F)F)C1(Cl)Cl)c1ncc[nH]1. The summed E-state index contributed by atoms with van der Waals surface area (Å²) in [7, 11) is 0. The van der Waals surface area contributed by atoms with Crippen LogP contribution in [0, 0.1) is 5.41 Å². The molecule has 31 heavy (non-hydrogen) atoms. The van der Waals surface area contributed by atoms with E-state index in [2.05, 4.69) is 9.97 Å². The van der Waals surface area contributed by atoms with Crippen LogP contribution in [0.15, 0.2) is 66.5 Å². The van der Waals surface area contributed by atoms with E-state index in [4.69, 9.17) is 23.2 Å². The van der Waals surface area contributed by atoms with Gasteiger partial charge in [0.05, 0.1) is 0 Å². The Morgan fingerprint density at radius 2 is 1.65 bits per heavy atom. The van der Waals surface area contributed by atoms with Gasteiger partial charge >= 0.3 is 12.4 Å². The minimum atomic E-state index is -5.85. The first-order chi connectivity index (χ1) is 14.3. The number of H-pyrrole nitrogens is 1. The lowest BCUT2D eigenvalue weighted by molar-refractivity contribution is -0.324. The molecule has 3 rings (SSSR count). The number of aromatic amines is 1. The highest BCUT2D eigenvalue weighted by molar-refractivity contribution is 6.51. The Labute approximate surface area is 182 Å². The number of halogens is 8. The zero-order valence-electron chi connectivity index (χ0n) is 15.3. The van der Waals surface area contributed by atoms with Crippen molar-refractivity contribution in [2.24, 2.45) is 5.41 Å². The summed E-state index contributed by atoms with van der Waals surface area (Å²) >= 11 is 11.1. The number of aliphatic hydroxyl groups excluding tert-OH is 1. The number of alkyl halides is 8. The Kier molecular flexibility index (Phi) is 7.29. The molecule has 168 valence electrons. The molecule has 2 N–H and O–H groups in total. The fraction of sp³-hybridized carbons (Fsp3) is 0.263. The van der Waals surface area contributed by atoms with Gasteiger partial charge in [0.1, 0.15) is 18.2 Å². The van der Waals surface area contributed by atoms with Crippen molar-refractivity contribution < 1.29 is 36.2 Å². The summed E-state index contributed by atoms with van der Waals surface area (Å²) in [6.07, 6.45) is -9.33. The molecule has 0 fully saturated rings. The first-order valence-corrected chi connectivity index (χ1v) is 9.14. The second-order valence-corrected chi connectivity index (χ2v) is 7.59. The fourth-order valence-corrected chi connectivity index (χ4v) is 3.69. The van der Waals surface area contributed by atoms with Gasteiger partial charge in [-0.05, 0) is 0 Å². The number of aliphatic hydroxyl groups is 1. The molecule has 0 bridgehead atoms. The highest BCUT2D eigenvalue weighted by Crippen LogP contribution is 2.66. The van der Waals surface area contributed by atoms with Gasteiger partial charge in [-0.3, -0.25) is 4.79 Å². The average Bonchev–Trinajstić information content (AvgIpc) is 3.21. The lowest BCUT2D eigenvalue weighted by Gasteiger charge is -2.46. The van der Waals surface area contributed by atoms with E-state index in [1.165, 1.54) is 6.20 Å². The van der Waals surface area contributed by atoms with Gasteiger partial charge < -0.3 is 10.1 Å². The van der Waals surface area contributed by atoms with Gasteiger partial charge in [0.2, 0.25) is 5.41 Å². The van der Waals surface area contributed by atoms with Gasteiger partial charge in [0, 0.05) is 23.5 Å². The highest BCUT2D eigenvalue weighted by Gasteiger charge is 2.79. The summed E-state index contributed by atoms with van der Waals surface area (Å²) in [4.78, 5) is 16.0. The van der Waals surface area contributed by atoms with Crippen molar-refractivity contribution in [3.8, 4) is 0 Å². The van der Waals surface area contributed by atoms with Gasteiger partial charge in [0.15, 0.2) is 4.33 Å². The summed E-state index contributed by atoms with van der Waals surface area (Å²) in [5, 5.41) is 10.0. The van der Waals surface area contributed by atoms with Crippen LogP contribution in [0.25, 0.3) is 0 Å². The van der Waals surface area contributed by atoms with Crippen molar-refractivity contribution in [2.45, 2.75) is 22.8 Å². The maximum Gasteiger partial charge on any atom is 0.409 e. The molecular weight excluding hydrogens is 473 g/mol. The summed E-state index contributed by atoms with van der Waals surface area (Å²) in [6, 6.07) is 9.10. The van der Waals surface area contributed by atoms with Crippen LogP contribution in [0.2, 0.25) is 0 Å². The number of allylic oxidation sites excluding steroid dienone is 3. The van der Waals surface area contributed by atoms with Gasteiger partial charge in [-0.2, -0.15) is 26.3 Å². The maximum atomic E-state index is 13.3. The molecule has 1 aromatic carbocycles. The molecule has 0 aliphatic heterocycles. The molecule has 1 unspecified atom stereocenters. The van der Waals surface area contributed by atoms with Crippen molar-refractivity contribution in [2.75, 3.05) is 0 Å². The van der Waals surface area contributed by atoms with Gasteiger partial charge in [-0.15, -0.1) is 0 Å². The van der Waals surface area contributed by atoms with Crippen LogP contribution in [0.3, 0.4) is 0 Å². The molecule has 4 nitrogen and oxygen atoms in total. The number of hydrogen-bond donors (Lipinski definition) is 2. The molecule has 0 saturated carbocycles. The Bertz CT molecular complexity index is 925. The van der Waals surface area contributed by atoms with Crippen LogP contribution in [-0.4, -0.2) is 38.0 Å². The maximum absolute atomic E-state index is 13.3. The van der Waals surface area contributed by atoms with E-state index >= 15 is 0 Å². The van der Waals surface area contributed by atoms with Crippen LogP contribution in [0.5, 0.6) is 0 Å². The average molecular weight is 487 g/mol. The Morgan fingerprint density at radius 3 is 2.06 bits per heavy atom. The predicted octanol–water partition coefficient (Wildman–Crippen LogP) is 5.72. The number of imidazole rings is 1. The van der Waals surface area contributed by atoms with E-state index in [0.29, 0.717) is 6.08 Å². The first kappa shape index (κ1) is 25.0. The summed E-state index contributed by atoms with van der Waals surface area (Å²) in [5.41, 5.74) is -4.74. The zero-order chi connectivity index (χ0) is 23.5. The molecule has 1 heterocycles. The minimum Gasteiger partial charge on any atom is -0.381 e. The highest BCUT2D eigenvalue weighted by atomic mass is 35.5. The molecule has 1 aromatic heterocycles. The Morgan fingerprint density at radius 1 is 1.06 bits per heavy atom. The predicted molar refractivity (Wildman–Crippen MR) is 102 cm³/mol. The summed E-state index contributed by atoms with van der Waals surface area (Å²) in [6.45, 7) is 0. The third kappa shape index (κ3) is 4.65. The van der Waals surface area contributed by atoms with Gasteiger partial charge in [0.25, 0.3) is 0 Å². The molecule has 0 amide bonds. The molecular formula is C19H14Cl2F6N2O2. The molecule has 1 aliphatic rings. The lowest BCUT2D eigenvalue weighted by Crippen LogP contribution is -2.60. The van der Waals surface area contributed by atoms with Gasteiger partial charge in [-0.25, -0.2) is 4.98 Å². The normalized spacial score (nSPS) is 18.4. The molecule has 0 spiro atoms. The third-order valence-corrected chi connectivity index (χ3v) is 5.42. The topological polar surface area (TPSA) is 66.0 Å². The van der Waals surface area contributed by atoms with Crippen LogP contribution in [-0.2, 0) is 0 Å². The third-order valence-electron chi connectivity index (χ3n) is 4.38. The number of carbonyl (C=O) groups excluding carboxylic acids is 1. The van der Waals surface area contributed by atoms with E-state index < -0.39 is 33.8 Å². The zero-order valence-corrected chi connectivity index (χ0v) is 16.8. The fourth-order valence-electron chi connectivity index (χ4n) is 2.81. The number of rotatable bonds is 3. The monoisotopic (exact) mass is 486 g/mol. The Balaban J connectivity index is 0.000000357. The van der Waals surface area contributed by atoms with E-state index in [0.717, 1.165) is 24.1 Å². The van der Waals surface area contributed by atoms with E-state index in [9.17, 15) is 36.2 Å². The van der Waals surface area contributed by atoms with Crippen molar-refractivity contribution in [1.29, 1.82) is 0 Å². The number of carbonyl (C=O) groups is 1. The number of benzene rings is 1. The van der Waals surface area contributed by atoms with Crippen LogP contribution < -0.4 is 0 Å². The number of aromatic nitrogens is 2. The van der Waals surface area contributed by atoms with Crippen molar-refractivity contribution in [3.05, 3.63) is 77.9 Å². The van der Waals surface area contributed by atoms with Crippen molar-refractivity contribution in [3.63, 3.8) is 0 Å². The van der Waals surface area contributed by atoms with Crippen LogP contribution >= 0.6 is 23.2 Å². The van der Waals surface area contributed by atoms with Crippen LogP contribution in [0.4, 0.5) is 26.3 Å². The van der Waals surface area contributed by atoms with E-state index in [1.807, 2.05) is 18.2 Å². The summed E-state index contributed by atoms with van der Waals surface area (Å²) < 4.78 is 76.2. The number of nitrogens with one attached hydrogen (secondary N) is 1. The molecule has 1 atom stereocenters. The second-order valence-electron chi connectivity index (χ2n) is 6.26. The molecule has 2 aromatic rings.